The molecule has 0 aliphatic heterocycles. The molecular formula is C13H16Cl2O2. The largest absolute Gasteiger partial charge is 0.495 e. The number of benzene rings is 1. The van der Waals surface area contributed by atoms with Gasteiger partial charge in [0.1, 0.15) is 5.75 Å². The highest BCUT2D eigenvalue weighted by Crippen LogP contribution is 2.32. The second-order valence-electron chi connectivity index (χ2n) is 4.02. The average Bonchev–Trinajstić information content (AvgIpc) is 2.31. The van der Waals surface area contributed by atoms with E-state index in [1.165, 1.54) is 7.11 Å². The Labute approximate surface area is 112 Å². The number of Topliss-reactive ketones (excluding diaryl/α,β-unsaturated/α-hetero) is 1. The van der Waals surface area contributed by atoms with Gasteiger partial charge in [-0.25, -0.2) is 0 Å². The maximum absolute atomic E-state index is 12.1. The van der Waals surface area contributed by atoms with Crippen molar-refractivity contribution in [2.45, 2.75) is 26.7 Å². The fraction of sp³-hybridized carbons (Fsp3) is 0.462. The predicted octanol–water partition coefficient (Wildman–Crippen LogP) is 4.62. The number of rotatable bonds is 5. The molecule has 0 aliphatic rings. The first-order chi connectivity index (χ1) is 8.01. The third-order valence-electron chi connectivity index (χ3n) is 2.68. The lowest BCUT2D eigenvalue weighted by Crippen LogP contribution is -2.11. The van der Waals surface area contributed by atoms with Gasteiger partial charge in [0.25, 0.3) is 0 Å². The zero-order valence-corrected chi connectivity index (χ0v) is 11.7. The summed E-state index contributed by atoms with van der Waals surface area (Å²) < 4.78 is 5.04. The molecular weight excluding hydrogens is 259 g/mol. The maximum atomic E-state index is 12.1. The van der Waals surface area contributed by atoms with Gasteiger partial charge in [-0.1, -0.05) is 43.5 Å². The van der Waals surface area contributed by atoms with Crippen LogP contribution < -0.4 is 4.74 Å². The van der Waals surface area contributed by atoms with E-state index in [2.05, 4.69) is 0 Å². The Morgan fingerprint density at radius 1 is 1.35 bits per heavy atom. The molecule has 1 atom stereocenters. The normalized spacial score (nSPS) is 12.3. The maximum Gasteiger partial charge on any atom is 0.167 e. The lowest BCUT2D eigenvalue weighted by atomic mass is 9.95. The topological polar surface area (TPSA) is 26.3 Å². The standard InChI is InChI=1S/C13H16Cl2O2/c1-4-5-8(2)13(16)9-6-11(15)12(17-3)7-10(9)14/h6-8H,4-5H2,1-3H3. The van der Waals surface area contributed by atoms with Crippen molar-refractivity contribution in [1.29, 1.82) is 0 Å². The molecule has 0 heterocycles. The van der Waals surface area contributed by atoms with Crippen LogP contribution in [0.25, 0.3) is 0 Å². The van der Waals surface area contributed by atoms with E-state index in [1.54, 1.807) is 12.1 Å². The average molecular weight is 275 g/mol. The smallest absolute Gasteiger partial charge is 0.167 e. The first kappa shape index (κ1) is 14.3. The van der Waals surface area contributed by atoms with Gasteiger partial charge in [-0.3, -0.25) is 4.79 Å². The SMILES string of the molecule is CCCC(C)C(=O)c1cc(Cl)c(OC)cc1Cl. The van der Waals surface area contributed by atoms with Crippen LogP contribution in [-0.4, -0.2) is 12.9 Å². The molecule has 0 N–H and O–H groups in total. The van der Waals surface area contributed by atoms with Gasteiger partial charge >= 0.3 is 0 Å². The Balaban J connectivity index is 3.06. The Morgan fingerprint density at radius 3 is 2.53 bits per heavy atom. The minimum absolute atomic E-state index is 0.0291. The molecule has 0 spiro atoms. The van der Waals surface area contributed by atoms with Crippen molar-refractivity contribution in [1.82, 2.24) is 0 Å². The molecule has 1 unspecified atom stereocenters. The van der Waals surface area contributed by atoms with Gasteiger partial charge in [0.2, 0.25) is 0 Å². The molecule has 2 nitrogen and oxygen atoms in total. The van der Waals surface area contributed by atoms with E-state index in [9.17, 15) is 4.79 Å². The Kier molecular flexibility index (Phi) is 5.29. The summed E-state index contributed by atoms with van der Waals surface area (Å²) >= 11 is 12.1. The summed E-state index contributed by atoms with van der Waals surface area (Å²) in [5.74, 6) is 0.472. The van der Waals surface area contributed by atoms with Gasteiger partial charge < -0.3 is 4.74 Å². The lowest BCUT2D eigenvalue weighted by molar-refractivity contribution is 0.0923. The molecule has 0 radical (unpaired) electrons. The van der Waals surface area contributed by atoms with Crippen LogP contribution in [0.5, 0.6) is 5.75 Å². The lowest BCUT2D eigenvalue weighted by Gasteiger charge is -2.12. The van der Waals surface area contributed by atoms with Crippen LogP contribution in [-0.2, 0) is 0 Å². The summed E-state index contributed by atoms with van der Waals surface area (Å²) in [6.07, 6.45) is 1.81. The van der Waals surface area contributed by atoms with Crippen molar-refractivity contribution in [2.24, 2.45) is 5.92 Å². The highest BCUT2D eigenvalue weighted by molar-refractivity contribution is 6.36. The molecule has 94 valence electrons. The van der Waals surface area contributed by atoms with Crippen LogP contribution in [0.4, 0.5) is 0 Å². The molecule has 0 aromatic heterocycles. The highest BCUT2D eigenvalue weighted by atomic mass is 35.5. The second kappa shape index (κ2) is 6.27. The zero-order valence-electron chi connectivity index (χ0n) is 10.2. The summed E-state index contributed by atoms with van der Waals surface area (Å²) in [4.78, 5) is 12.1. The third kappa shape index (κ3) is 3.36. The van der Waals surface area contributed by atoms with Crippen LogP contribution in [0, 0.1) is 5.92 Å². The van der Waals surface area contributed by atoms with Crippen LogP contribution in [0.1, 0.15) is 37.0 Å². The monoisotopic (exact) mass is 274 g/mol. The van der Waals surface area contributed by atoms with E-state index in [-0.39, 0.29) is 11.7 Å². The van der Waals surface area contributed by atoms with Gasteiger partial charge in [0.15, 0.2) is 5.78 Å². The number of carbonyl (C=O) groups excluding carboxylic acids is 1. The van der Waals surface area contributed by atoms with E-state index in [1.807, 2.05) is 13.8 Å². The van der Waals surface area contributed by atoms with Gasteiger partial charge in [0, 0.05) is 17.5 Å². The van der Waals surface area contributed by atoms with Crippen molar-refractivity contribution < 1.29 is 9.53 Å². The summed E-state index contributed by atoms with van der Waals surface area (Å²) in [5, 5.41) is 0.795. The van der Waals surface area contributed by atoms with Gasteiger partial charge in [-0.05, 0) is 12.5 Å². The third-order valence-corrected chi connectivity index (χ3v) is 3.28. The molecule has 0 saturated heterocycles. The molecule has 0 amide bonds. The van der Waals surface area contributed by atoms with Crippen LogP contribution >= 0.6 is 23.2 Å². The first-order valence-electron chi connectivity index (χ1n) is 5.58. The minimum atomic E-state index is -0.0399. The zero-order chi connectivity index (χ0) is 13.0. The van der Waals surface area contributed by atoms with Crippen LogP contribution in [0.15, 0.2) is 12.1 Å². The Hall–Kier alpha value is -0.730. The number of hydrogen-bond acceptors (Lipinski definition) is 2. The second-order valence-corrected chi connectivity index (χ2v) is 4.83. The quantitative estimate of drug-likeness (QED) is 0.733. The van der Waals surface area contributed by atoms with E-state index in [4.69, 9.17) is 27.9 Å². The van der Waals surface area contributed by atoms with E-state index in [0.717, 1.165) is 12.8 Å². The molecule has 0 saturated carbocycles. The summed E-state index contributed by atoms with van der Waals surface area (Å²) in [6, 6.07) is 3.16. The molecule has 1 aromatic carbocycles. The number of methoxy groups -OCH3 is 1. The molecule has 1 aromatic rings. The van der Waals surface area contributed by atoms with E-state index < -0.39 is 0 Å². The van der Waals surface area contributed by atoms with Gasteiger partial charge in [-0.2, -0.15) is 0 Å². The molecule has 0 aliphatic carbocycles. The fourth-order valence-corrected chi connectivity index (χ4v) is 2.19. The number of carbonyl (C=O) groups is 1. The predicted molar refractivity (Wildman–Crippen MR) is 71.4 cm³/mol. The van der Waals surface area contributed by atoms with Crippen molar-refractivity contribution in [3.63, 3.8) is 0 Å². The Morgan fingerprint density at radius 2 is 2.00 bits per heavy atom. The number of hydrogen-bond donors (Lipinski definition) is 0. The number of ether oxygens (including phenoxy) is 1. The number of halogens is 2. The summed E-state index contributed by atoms with van der Waals surface area (Å²) in [5.41, 5.74) is 0.471. The van der Waals surface area contributed by atoms with E-state index in [0.29, 0.717) is 21.4 Å². The van der Waals surface area contributed by atoms with Crippen molar-refractivity contribution in [3.05, 3.63) is 27.7 Å². The van der Waals surface area contributed by atoms with Crippen molar-refractivity contribution in [3.8, 4) is 5.75 Å². The van der Waals surface area contributed by atoms with Crippen molar-refractivity contribution in [2.75, 3.05) is 7.11 Å². The molecule has 0 bridgehead atoms. The number of ketones is 1. The van der Waals surface area contributed by atoms with Gasteiger partial charge in [0.05, 0.1) is 17.2 Å². The van der Waals surface area contributed by atoms with Crippen LogP contribution in [0.3, 0.4) is 0 Å². The molecule has 1 rings (SSSR count). The van der Waals surface area contributed by atoms with E-state index >= 15 is 0 Å². The highest BCUT2D eigenvalue weighted by Gasteiger charge is 2.19. The molecule has 4 heteroatoms. The minimum Gasteiger partial charge on any atom is -0.495 e. The van der Waals surface area contributed by atoms with Crippen LogP contribution in [0.2, 0.25) is 10.0 Å². The van der Waals surface area contributed by atoms with Gasteiger partial charge in [-0.15, -0.1) is 0 Å². The summed E-state index contributed by atoms with van der Waals surface area (Å²) in [6.45, 7) is 3.95. The summed E-state index contributed by atoms with van der Waals surface area (Å²) in [7, 11) is 1.51. The Bertz CT molecular complexity index is 416. The van der Waals surface area contributed by atoms with Crippen molar-refractivity contribution >= 4 is 29.0 Å². The molecule has 0 fully saturated rings. The first-order valence-corrected chi connectivity index (χ1v) is 6.34. The fourth-order valence-electron chi connectivity index (χ4n) is 1.70. The molecule has 17 heavy (non-hydrogen) atoms.